The largest absolute Gasteiger partial charge is 0.377 e. The molecule has 1 aliphatic carbocycles. The highest BCUT2D eigenvalue weighted by molar-refractivity contribution is 4.93. The maximum atomic E-state index is 5.87. The van der Waals surface area contributed by atoms with E-state index in [2.05, 4.69) is 38.2 Å². The molecule has 0 radical (unpaired) electrons. The standard InChI is InChI=1S/C17H34N2O/c1-17(2)10-7-8-14(16(17)18-3)12-19(4)13-15-9-5-6-11-20-15/h14-16,18H,5-13H2,1-4H3. The highest BCUT2D eigenvalue weighted by Gasteiger charge is 2.38. The van der Waals surface area contributed by atoms with Gasteiger partial charge in [0.2, 0.25) is 0 Å². The smallest absolute Gasteiger partial charge is 0.0701 e. The van der Waals surface area contributed by atoms with E-state index < -0.39 is 0 Å². The van der Waals surface area contributed by atoms with Crippen LogP contribution in [0.5, 0.6) is 0 Å². The average Bonchev–Trinajstić information content (AvgIpc) is 2.39. The zero-order valence-corrected chi connectivity index (χ0v) is 14.0. The second-order valence-corrected chi connectivity index (χ2v) is 7.62. The summed E-state index contributed by atoms with van der Waals surface area (Å²) in [6, 6.07) is 0.644. The number of ether oxygens (including phenoxy) is 1. The molecule has 0 aromatic carbocycles. The van der Waals surface area contributed by atoms with Crippen molar-refractivity contribution in [3.8, 4) is 0 Å². The van der Waals surface area contributed by atoms with Gasteiger partial charge < -0.3 is 15.0 Å². The molecule has 1 N–H and O–H groups in total. The first-order valence-corrected chi connectivity index (χ1v) is 8.50. The Morgan fingerprint density at radius 1 is 1.15 bits per heavy atom. The second kappa shape index (κ2) is 7.24. The molecule has 1 heterocycles. The second-order valence-electron chi connectivity index (χ2n) is 7.62. The van der Waals surface area contributed by atoms with Gasteiger partial charge in [-0.2, -0.15) is 0 Å². The lowest BCUT2D eigenvalue weighted by Gasteiger charge is -2.45. The Morgan fingerprint density at radius 2 is 1.95 bits per heavy atom. The summed E-state index contributed by atoms with van der Waals surface area (Å²) in [7, 11) is 4.40. The fourth-order valence-corrected chi connectivity index (χ4v) is 4.38. The fourth-order valence-electron chi connectivity index (χ4n) is 4.38. The minimum Gasteiger partial charge on any atom is -0.377 e. The van der Waals surface area contributed by atoms with E-state index in [0.717, 1.165) is 19.1 Å². The summed E-state index contributed by atoms with van der Waals surface area (Å²) in [4.78, 5) is 2.51. The molecule has 1 aliphatic heterocycles. The first-order chi connectivity index (χ1) is 9.53. The molecule has 0 spiro atoms. The molecule has 3 atom stereocenters. The molecule has 1 saturated heterocycles. The van der Waals surface area contributed by atoms with Gasteiger partial charge in [-0.05, 0) is 57.5 Å². The maximum Gasteiger partial charge on any atom is 0.0701 e. The summed E-state index contributed by atoms with van der Waals surface area (Å²) in [5.41, 5.74) is 0.430. The molecule has 118 valence electrons. The Balaban J connectivity index is 1.83. The average molecular weight is 282 g/mol. The van der Waals surface area contributed by atoms with Gasteiger partial charge in [0.05, 0.1) is 6.10 Å². The van der Waals surface area contributed by atoms with Crippen molar-refractivity contribution < 1.29 is 4.74 Å². The molecule has 0 aromatic rings. The number of hydrogen-bond donors (Lipinski definition) is 1. The molecule has 20 heavy (non-hydrogen) atoms. The van der Waals surface area contributed by atoms with E-state index in [-0.39, 0.29) is 0 Å². The third kappa shape index (κ3) is 4.19. The van der Waals surface area contributed by atoms with Crippen molar-refractivity contribution in [2.24, 2.45) is 11.3 Å². The lowest BCUT2D eigenvalue weighted by atomic mass is 9.68. The van der Waals surface area contributed by atoms with Crippen LogP contribution in [0.4, 0.5) is 0 Å². The number of rotatable bonds is 5. The van der Waals surface area contributed by atoms with Crippen LogP contribution in [-0.2, 0) is 4.74 Å². The summed E-state index contributed by atoms with van der Waals surface area (Å²) in [5, 5.41) is 3.60. The summed E-state index contributed by atoms with van der Waals surface area (Å²) in [6.07, 6.45) is 8.40. The van der Waals surface area contributed by atoms with Gasteiger partial charge in [-0.15, -0.1) is 0 Å². The zero-order chi connectivity index (χ0) is 14.6. The van der Waals surface area contributed by atoms with Crippen LogP contribution >= 0.6 is 0 Å². The predicted molar refractivity (Wildman–Crippen MR) is 85.1 cm³/mol. The first kappa shape index (κ1) is 16.3. The number of nitrogens with one attached hydrogen (secondary N) is 1. The molecular weight excluding hydrogens is 248 g/mol. The molecule has 3 heteroatoms. The molecule has 0 bridgehead atoms. The van der Waals surface area contributed by atoms with Crippen molar-refractivity contribution in [1.82, 2.24) is 10.2 Å². The molecule has 3 unspecified atom stereocenters. The van der Waals surface area contributed by atoms with Crippen molar-refractivity contribution in [2.75, 3.05) is 33.8 Å². The molecule has 3 nitrogen and oxygen atoms in total. The quantitative estimate of drug-likeness (QED) is 0.839. The summed E-state index contributed by atoms with van der Waals surface area (Å²) in [5.74, 6) is 0.775. The van der Waals surface area contributed by atoms with Gasteiger partial charge in [-0.25, -0.2) is 0 Å². The van der Waals surface area contributed by atoms with Gasteiger partial charge in [-0.1, -0.05) is 20.3 Å². The topological polar surface area (TPSA) is 24.5 Å². The van der Waals surface area contributed by atoms with Crippen LogP contribution in [0, 0.1) is 11.3 Å². The van der Waals surface area contributed by atoms with Crippen LogP contribution in [-0.4, -0.2) is 50.8 Å². The van der Waals surface area contributed by atoms with Gasteiger partial charge in [0.1, 0.15) is 0 Å². The van der Waals surface area contributed by atoms with Crippen molar-refractivity contribution in [3.05, 3.63) is 0 Å². The van der Waals surface area contributed by atoms with E-state index in [4.69, 9.17) is 4.74 Å². The van der Waals surface area contributed by atoms with Crippen LogP contribution in [0.15, 0.2) is 0 Å². The number of likely N-dealkylation sites (N-methyl/N-ethyl adjacent to an activating group) is 1. The van der Waals surface area contributed by atoms with Gasteiger partial charge in [-0.3, -0.25) is 0 Å². The van der Waals surface area contributed by atoms with E-state index in [0.29, 0.717) is 17.6 Å². The number of nitrogens with zero attached hydrogens (tertiary/aromatic N) is 1. The summed E-state index contributed by atoms with van der Waals surface area (Å²) < 4.78 is 5.87. The van der Waals surface area contributed by atoms with Crippen LogP contribution in [0.25, 0.3) is 0 Å². The van der Waals surface area contributed by atoms with Crippen molar-refractivity contribution in [3.63, 3.8) is 0 Å². The lowest BCUT2D eigenvalue weighted by Crippen LogP contribution is -2.51. The van der Waals surface area contributed by atoms with Gasteiger partial charge in [0, 0.05) is 25.7 Å². The summed E-state index contributed by atoms with van der Waals surface area (Å²) in [6.45, 7) is 8.12. The summed E-state index contributed by atoms with van der Waals surface area (Å²) >= 11 is 0. The Labute approximate surface area is 125 Å². The molecule has 2 aliphatic rings. The number of hydrogen-bond acceptors (Lipinski definition) is 3. The van der Waals surface area contributed by atoms with Crippen molar-refractivity contribution in [2.45, 2.75) is 64.5 Å². The van der Waals surface area contributed by atoms with E-state index in [9.17, 15) is 0 Å². The highest BCUT2D eigenvalue weighted by Crippen LogP contribution is 2.39. The van der Waals surface area contributed by atoms with E-state index in [1.165, 1.54) is 45.1 Å². The van der Waals surface area contributed by atoms with E-state index in [1.807, 2.05) is 0 Å². The third-order valence-corrected chi connectivity index (χ3v) is 5.36. The van der Waals surface area contributed by atoms with Gasteiger partial charge in [0.15, 0.2) is 0 Å². The minimum atomic E-state index is 0.430. The normalized spacial score (nSPS) is 34.4. The third-order valence-electron chi connectivity index (χ3n) is 5.36. The van der Waals surface area contributed by atoms with Crippen LogP contribution in [0.1, 0.15) is 52.4 Å². The highest BCUT2D eigenvalue weighted by atomic mass is 16.5. The SMILES string of the molecule is CNC1C(CN(C)CC2CCCCO2)CCCC1(C)C. The van der Waals surface area contributed by atoms with E-state index >= 15 is 0 Å². The lowest BCUT2D eigenvalue weighted by molar-refractivity contribution is -0.00800. The Hall–Kier alpha value is -0.120. The minimum absolute atomic E-state index is 0.430. The Bertz CT molecular complexity index is 287. The van der Waals surface area contributed by atoms with E-state index in [1.54, 1.807) is 0 Å². The molecule has 2 rings (SSSR count). The van der Waals surface area contributed by atoms with Gasteiger partial charge >= 0.3 is 0 Å². The van der Waals surface area contributed by atoms with Gasteiger partial charge in [0.25, 0.3) is 0 Å². The maximum absolute atomic E-state index is 5.87. The molecule has 1 saturated carbocycles. The predicted octanol–water partition coefficient (Wildman–Crippen LogP) is 2.90. The molecular formula is C17H34N2O. The van der Waals surface area contributed by atoms with Crippen molar-refractivity contribution in [1.29, 1.82) is 0 Å². The van der Waals surface area contributed by atoms with Crippen LogP contribution < -0.4 is 5.32 Å². The zero-order valence-electron chi connectivity index (χ0n) is 14.0. The fraction of sp³-hybridized carbons (Fsp3) is 1.00. The first-order valence-electron chi connectivity index (χ1n) is 8.50. The molecule has 0 amide bonds. The Morgan fingerprint density at radius 3 is 2.60 bits per heavy atom. The monoisotopic (exact) mass is 282 g/mol. The Kier molecular flexibility index (Phi) is 5.88. The van der Waals surface area contributed by atoms with Crippen molar-refractivity contribution >= 4 is 0 Å². The molecule has 2 fully saturated rings. The van der Waals surface area contributed by atoms with Crippen LogP contribution in [0.2, 0.25) is 0 Å². The van der Waals surface area contributed by atoms with Crippen LogP contribution in [0.3, 0.4) is 0 Å². The molecule has 0 aromatic heterocycles.